The minimum atomic E-state index is -0.262. The maximum atomic E-state index is 13.1. The first-order valence-electron chi connectivity index (χ1n) is 7.65. The molecule has 0 aliphatic rings. The van der Waals surface area contributed by atoms with Crippen LogP contribution in [0.2, 0.25) is 0 Å². The van der Waals surface area contributed by atoms with Crippen molar-refractivity contribution < 1.29 is 9.18 Å². The third kappa shape index (κ3) is 4.25. The van der Waals surface area contributed by atoms with Gasteiger partial charge in [-0.3, -0.25) is 4.79 Å². The Hall–Kier alpha value is -3.02. The summed E-state index contributed by atoms with van der Waals surface area (Å²) >= 11 is 0. The molecule has 1 amide bonds. The number of carbonyl (C=O) groups is 1. The number of amides is 1. The number of nitrogens with one attached hydrogen (secondary N) is 1. The van der Waals surface area contributed by atoms with E-state index in [1.165, 1.54) is 18.5 Å². The Labute approximate surface area is 139 Å². The van der Waals surface area contributed by atoms with Gasteiger partial charge in [0.1, 0.15) is 18.5 Å². The van der Waals surface area contributed by atoms with Gasteiger partial charge in [0.05, 0.1) is 6.54 Å². The van der Waals surface area contributed by atoms with Gasteiger partial charge in [-0.25, -0.2) is 14.1 Å². The summed E-state index contributed by atoms with van der Waals surface area (Å²) in [5.41, 5.74) is 2.49. The third-order valence-electron chi connectivity index (χ3n) is 3.62. The van der Waals surface area contributed by atoms with Crippen LogP contribution in [-0.4, -0.2) is 27.2 Å². The van der Waals surface area contributed by atoms with E-state index in [0.29, 0.717) is 25.1 Å². The predicted octanol–water partition coefficient (Wildman–Crippen LogP) is 2.44. The zero-order chi connectivity index (χ0) is 16.8. The molecule has 0 radical (unpaired) electrons. The Morgan fingerprint density at radius 1 is 1.12 bits per heavy atom. The van der Waals surface area contributed by atoms with Gasteiger partial charge in [0.15, 0.2) is 0 Å². The molecule has 6 heteroatoms. The van der Waals surface area contributed by atoms with Crippen molar-refractivity contribution in [3.63, 3.8) is 0 Å². The highest BCUT2D eigenvalue weighted by Crippen LogP contribution is 2.07. The molecule has 0 aliphatic carbocycles. The SMILES string of the molecule is O=C(NCCc1cccc(F)c1)c1ccc(Cn2cncn2)cc1. The molecule has 0 spiro atoms. The fraction of sp³-hybridized carbons (Fsp3) is 0.167. The summed E-state index contributed by atoms with van der Waals surface area (Å²) in [6.07, 6.45) is 3.72. The highest BCUT2D eigenvalue weighted by Gasteiger charge is 2.05. The topological polar surface area (TPSA) is 59.8 Å². The molecule has 3 rings (SSSR count). The van der Waals surface area contributed by atoms with Gasteiger partial charge in [0.2, 0.25) is 0 Å². The van der Waals surface area contributed by atoms with Gasteiger partial charge in [-0.15, -0.1) is 0 Å². The first-order valence-corrected chi connectivity index (χ1v) is 7.65. The molecule has 0 fully saturated rings. The number of carbonyl (C=O) groups excluding carboxylic acids is 1. The fourth-order valence-electron chi connectivity index (χ4n) is 2.38. The van der Waals surface area contributed by atoms with Crippen molar-refractivity contribution in [2.24, 2.45) is 0 Å². The quantitative estimate of drug-likeness (QED) is 0.757. The Morgan fingerprint density at radius 3 is 2.67 bits per heavy atom. The van der Waals surface area contributed by atoms with E-state index in [4.69, 9.17) is 0 Å². The van der Waals surface area contributed by atoms with Crippen molar-refractivity contribution in [1.29, 1.82) is 0 Å². The molecular formula is C18H17FN4O. The van der Waals surface area contributed by atoms with Crippen LogP contribution in [0.15, 0.2) is 61.2 Å². The maximum absolute atomic E-state index is 13.1. The minimum Gasteiger partial charge on any atom is -0.352 e. The van der Waals surface area contributed by atoms with E-state index in [1.807, 2.05) is 18.2 Å². The highest BCUT2D eigenvalue weighted by molar-refractivity contribution is 5.94. The van der Waals surface area contributed by atoms with Crippen molar-refractivity contribution in [1.82, 2.24) is 20.1 Å². The van der Waals surface area contributed by atoms with Crippen LogP contribution in [0.25, 0.3) is 0 Å². The maximum Gasteiger partial charge on any atom is 0.251 e. The van der Waals surface area contributed by atoms with Crippen LogP contribution in [-0.2, 0) is 13.0 Å². The van der Waals surface area contributed by atoms with E-state index in [0.717, 1.165) is 11.1 Å². The van der Waals surface area contributed by atoms with E-state index in [2.05, 4.69) is 15.4 Å². The van der Waals surface area contributed by atoms with E-state index in [-0.39, 0.29) is 11.7 Å². The predicted molar refractivity (Wildman–Crippen MR) is 88.0 cm³/mol. The number of hydrogen-bond donors (Lipinski definition) is 1. The largest absolute Gasteiger partial charge is 0.352 e. The van der Waals surface area contributed by atoms with Crippen molar-refractivity contribution >= 4 is 5.91 Å². The Kier molecular flexibility index (Phi) is 4.96. The van der Waals surface area contributed by atoms with Gasteiger partial charge in [-0.2, -0.15) is 5.10 Å². The molecule has 1 N–H and O–H groups in total. The number of hydrogen-bond acceptors (Lipinski definition) is 3. The van der Waals surface area contributed by atoms with Gasteiger partial charge in [-0.05, 0) is 41.8 Å². The number of benzene rings is 2. The molecule has 3 aromatic rings. The summed E-state index contributed by atoms with van der Waals surface area (Å²) in [6.45, 7) is 1.07. The van der Waals surface area contributed by atoms with Crippen molar-refractivity contribution in [3.8, 4) is 0 Å². The first kappa shape index (κ1) is 15.9. The third-order valence-corrected chi connectivity index (χ3v) is 3.62. The van der Waals surface area contributed by atoms with Crippen LogP contribution in [0.5, 0.6) is 0 Å². The summed E-state index contributed by atoms with van der Waals surface area (Å²) in [5.74, 6) is -0.402. The van der Waals surface area contributed by atoms with E-state index >= 15 is 0 Å². The molecule has 0 bridgehead atoms. The minimum absolute atomic E-state index is 0.140. The molecule has 5 nitrogen and oxygen atoms in total. The standard InChI is InChI=1S/C18H17FN4O/c19-17-3-1-2-14(10-17)8-9-21-18(24)16-6-4-15(5-7-16)11-23-13-20-12-22-23/h1-7,10,12-13H,8-9,11H2,(H,21,24). The van der Waals surface area contributed by atoms with Crippen molar-refractivity contribution in [2.75, 3.05) is 6.54 Å². The van der Waals surface area contributed by atoms with Crippen molar-refractivity contribution in [3.05, 3.63) is 83.7 Å². The summed E-state index contributed by atoms with van der Waals surface area (Å²) in [6, 6.07) is 13.7. The van der Waals surface area contributed by atoms with Crippen LogP contribution in [0.3, 0.4) is 0 Å². The lowest BCUT2D eigenvalue weighted by molar-refractivity contribution is 0.0954. The number of rotatable bonds is 6. The molecular weight excluding hydrogens is 307 g/mol. The second kappa shape index (κ2) is 7.50. The van der Waals surface area contributed by atoms with Crippen molar-refractivity contribution in [2.45, 2.75) is 13.0 Å². The fourth-order valence-corrected chi connectivity index (χ4v) is 2.38. The Balaban J connectivity index is 1.51. The molecule has 1 aromatic heterocycles. The molecule has 0 saturated carbocycles. The van der Waals surface area contributed by atoms with Gasteiger partial charge >= 0.3 is 0 Å². The monoisotopic (exact) mass is 324 g/mol. The average molecular weight is 324 g/mol. The van der Waals surface area contributed by atoms with Gasteiger partial charge in [-0.1, -0.05) is 24.3 Å². The zero-order valence-corrected chi connectivity index (χ0v) is 13.0. The van der Waals surface area contributed by atoms with Crippen LogP contribution >= 0.6 is 0 Å². The molecule has 0 aliphatic heterocycles. The highest BCUT2D eigenvalue weighted by atomic mass is 19.1. The zero-order valence-electron chi connectivity index (χ0n) is 13.0. The summed E-state index contributed by atoms with van der Waals surface area (Å²) in [4.78, 5) is 16.0. The van der Waals surface area contributed by atoms with Crippen LogP contribution in [0.4, 0.5) is 4.39 Å². The Bertz CT molecular complexity index is 800. The molecule has 0 saturated heterocycles. The normalized spacial score (nSPS) is 10.5. The van der Waals surface area contributed by atoms with E-state index in [1.54, 1.807) is 29.2 Å². The molecule has 0 unspecified atom stereocenters. The lowest BCUT2D eigenvalue weighted by atomic mass is 10.1. The Morgan fingerprint density at radius 2 is 1.96 bits per heavy atom. The molecule has 2 aromatic carbocycles. The number of nitrogens with zero attached hydrogens (tertiary/aromatic N) is 3. The lowest BCUT2D eigenvalue weighted by Crippen LogP contribution is -2.25. The second-order valence-corrected chi connectivity index (χ2v) is 5.43. The van der Waals surface area contributed by atoms with E-state index in [9.17, 15) is 9.18 Å². The number of aromatic nitrogens is 3. The number of halogens is 1. The van der Waals surface area contributed by atoms with Gasteiger partial charge in [0, 0.05) is 12.1 Å². The molecule has 0 atom stereocenters. The van der Waals surface area contributed by atoms with Gasteiger partial charge < -0.3 is 5.32 Å². The molecule has 122 valence electrons. The van der Waals surface area contributed by atoms with E-state index < -0.39 is 0 Å². The molecule has 24 heavy (non-hydrogen) atoms. The van der Waals surface area contributed by atoms with Crippen LogP contribution in [0.1, 0.15) is 21.5 Å². The summed E-state index contributed by atoms with van der Waals surface area (Å²) in [7, 11) is 0. The smallest absolute Gasteiger partial charge is 0.251 e. The second-order valence-electron chi connectivity index (χ2n) is 5.43. The molecule has 1 heterocycles. The van der Waals surface area contributed by atoms with Gasteiger partial charge in [0.25, 0.3) is 5.91 Å². The van der Waals surface area contributed by atoms with Crippen LogP contribution < -0.4 is 5.32 Å². The average Bonchev–Trinajstić information content (AvgIpc) is 3.08. The first-order chi connectivity index (χ1) is 11.7. The lowest BCUT2D eigenvalue weighted by Gasteiger charge is -2.07. The summed E-state index contributed by atoms with van der Waals surface area (Å²) in [5, 5.41) is 6.89. The van der Waals surface area contributed by atoms with Crippen LogP contribution in [0, 0.1) is 5.82 Å². The summed E-state index contributed by atoms with van der Waals surface area (Å²) < 4.78 is 14.8.